The van der Waals surface area contributed by atoms with Crippen LogP contribution >= 0.6 is 11.6 Å². The van der Waals surface area contributed by atoms with Gasteiger partial charge in [0, 0.05) is 12.5 Å². The van der Waals surface area contributed by atoms with Crippen LogP contribution in [0.1, 0.15) is 23.0 Å². The van der Waals surface area contributed by atoms with E-state index in [1.807, 2.05) is 0 Å². The van der Waals surface area contributed by atoms with Gasteiger partial charge in [-0.05, 0) is 12.1 Å². The SMILES string of the molecule is CC(=O)c1cc(-c2ncc(F)c(Cl)n2)nn1Cc1ccccc1F. The van der Waals surface area contributed by atoms with Crippen LogP contribution in [0.3, 0.4) is 0 Å². The monoisotopic (exact) mass is 348 g/mol. The highest BCUT2D eigenvalue weighted by Gasteiger charge is 2.17. The third-order valence-corrected chi connectivity index (χ3v) is 3.61. The molecule has 0 aliphatic rings. The molecule has 1 aromatic carbocycles. The molecule has 0 spiro atoms. The summed E-state index contributed by atoms with van der Waals surface area (Å²) in [5.74, 6) is -1.32. The number of nitrogens with zero attached hydrogens (tertiary/aromatic N) is 4. The van der Waals surface area contributed by atoms with Crippen LogP contribution in [-0.2, 0) is 6.54 Å². The fraction of sp³-hybridized carbons (Fsp3) is 0.125. The average Bonchev–Trinajstić information content (AvgIpc) is 2.96. The number of aromatic nitrogens is 4. The van der Waals surface area contributed by atoms with Gasteiger partial charge in [0.2, 0.25) is 0 Å². The van der Waals surface area contributed by atoms with Gasteiger partial charge in [0.15, 0.2) is 22.6 Å². The Kier molecular flexibility index (Phi) is 4.35. The van der Waals surface area contributed by atoms with Gasteiger partial charge in [-0.2, -0.15) is 5.10 Å². The van der Waals surface area contributed by atoms with Crippen molar-refractivity contribution >= 4 is 17.4 Å². The first-order chi connectivity index (χ1) is 11.5. The van der Waals surface area contributed by atoms with Gasteiger partial charge in [0.25, 0.3) is 0 Å². The number of rotatable bonds is 4. The normalized spacial score (nSPS) is 10.8. The van der Waals surface area contributed by atoms with Gasteiger partial charge < -0.3 is 0 Å². The van der Waals surface area contributed by atoms with Gasteiger partial charge in [-0.3, -0.25) is 9.48 Å². The lowest BCUT2D eigenvalue weighted by Gasteiger charge is -2.06. The number of benzene rings is 1. The Labute approximate surface area is 140 Å². The Balaban J connectivity index is 2.03. The smallest absolute Gasteiger partial charge is 0.181 e. The minimum absolute atomic E-state index is 0.0660. The lowest BCUT2D eigenvalue weighted by atomic mass is 10.2. The molecular formula is C16H11ClF2N4O. The van der Waals surface area contributed by atoms with Gasteiger partial charge in [-0.15, -0.1) is 0 Å². The lowest BCUT2D eigenvalue weighted by Crippen LogP contribution is -2.10. The number of carbonyl (C=O) groups is 1. The summed E-state index contributed by atoms with van der Waals surface area (Å²) in [6, 6.07) is 7.67. The van der Waals surface area contributed by atoms with Gasteiger partial charge in [-0.25, -0.2) is 18.7 Å². The maximum absolute atomic E-state index is 13.8. The zero-order valence-electron chi connectivity index (χ0n) is 12.5. The molecule has 8 heteroatoms. The van der Waals surface area contributed by atoms with E-state index >= 15 is 0 Å². The molecule has 122 valence electrons. The fourth-order valence-corrected chi connectivity index (χ4v) is 2.32. The lowest BCUT2D eigenvalue weighted by molar-refractivity contribution is 0.100. The molecule has 0 radical (unpaired) electrons. The highest BCUT2D eigenvalue weighted by atomic mass is 35.5. The maximum Gasteiger partial charge on any atom is 0.181 e. The summed E-state index contributed by atoms with van der Waals surface area (Å²) >= 11 is 5.65. The Hall–Kier alpha value is -2.67. The van der Waals surface area contributed by atoms with Crippen LogP contribution in [0, 0.1) is 11.6 Å². The van der Waals surface area contributed by atoms with Gasteiger partial charge in [0.1, 0.15) is 17.2 Å². The summed E-state index contributed by atoms with van der Waals surface area (Å²) in [6.45, 7) is 1.44. The third-order valence-electron chi connectivity index (χ3n) is 3.35. The summed E-state index contributed by atoms with van der Waals surface area (Å²) < 4.78 is 28.4. The van der Waals surface area contributed by atoms with Gasteiger partial charge in [-0.1, -0.05) is 29.8 Å². The molecule has 0 bridgehead atoms. The van der Waals surface area contributed by atoms with Crippen LogP contribution in [-0.4, -0.2) is 25.5 Å². The Morgan fingerprint density at radius 1 is 1.25 bits per heavy atom. The highest BCUT2D eigenvalue weighted by Crippen LogP contribution is 2.20. The second kappa shape index (κ2) is 6.45. The number of halogens is 3. The molecule has 3 rings (SSSR count). The second-order valence-corrected chi connectivity index (χ2v) is 5.41. The van der Waals surface area contributed by atoms with Gasteiger partial charge >= 0.3 is 0 Å². The molecule has 2 aromatic heterocycles. The largest absolute Gasteiger partial charge is 0.293 e. The van der Waals surface area contributed by atoms with E-state index in [-0.39, 0.29) is 34.7 Å². The molecule has 0 amide bonds. The van der Waals surface area contributed by atoms with Crippen LogP contribution in [0.15, 0.2) is 36.5 Å². The number of Topliss-reactive ketones (excluding diaryl/α,β-unsaturated/α-hetero) is 1. The summed E-state index contributed by atoms with van der Waals surface area (Å²) in [6.07, 6.45) is 0.925. The van der Waals surface area contributed by atoms with Crippen molar-refractivity contribution in [2.75, 3.05) is 0 Å². The van der Waals surface area contributed by atoms with Crippen molar-refractivity contribution in [3.05, 3.63) is 64.6 Å². The van der Waals surface area contributed by atoms with Crippen molar-refractivity contribution in [1.29, 1.82) is 0 Å². The van der Waals surface area contributed by atoms with Crippen molar-refractivity contribution in [3.63, 3.8) is 0 Å². The molecule has 0 atom stereocenters. The molecule has 0 aliphatic carbocycles. The molecule has 0 aliphatic heterocycles. The molecule has 0 N–H and O–H groups in total. The third kappa shape index (κ3) is 3.16. The van der Waals surface area contributed by atoms with Crippen LogP contribution in [0.5, 0.6) is 0 Å². The number of carbonyl (C=O) groups excluding carboxylic acids is 1. The molecule has 0 saturated heterocycles. The summed E-state index contributed by atoms with van der Waals surface area (Å²) in [5.41, 5.74) is 0.892. The van der Waals surface area contributed by atoms with E-state index in [1.54, 1.807) is 18.2 Å². The molecule has 2 heterocycles. The second-order valence-electron chi connectivity index (χ2n) is 5.05. The molecular weight excluding hydrogens is 338 g/mol. The van der Waals surface area contributed by atoms with Crippen LogP contribution in [0.4, 0.5) is 8.78 Å². The number of hydrogen-bond donors (Lipinski definition) is 0. The van der Waals surface area contributed by atoms with E-state index in [0.29, 0.717) is 5.56 Å². The Bertz CT molecular complexity index is 926. The molecule has 0 unspecified atom stereocenters. The Morgan fingerprint density at radius 3 is 2.67 bits per heavy atom. The summed E-state index contributed by atoms with van der Waals surface area (Å²) in [7, 11) is 0. The van der Waals surface area contributed by atoms with E-state index in [2.05, 4.69) is 15.1 Å². The van der Waals surface area contributed by atoms with E-state index in [1.165, 1.54) is 23.7 Å². The van der Waals surface area contributed by atoms with Crippen molar-refractivity contribution in [1.82, 2.24) is 19.7 Å². The first-order valence-electron chi connectivity index (χ1n) is 6.96. The topological polar surface area (TPSA) is 60.7 Å². The summed E-state index contributed by atoms with van der Waals surface area (Å²) in [4.78, 5) is 19.4. The number of ketones is 1. The summed E-state index contributed by atoms with van der Waals surface area (Å²) in [5, 5.41) is 3.89. The average molecular weight is 349 g/mol. The van der Waals surface area contributed by atoms with E-state index in [9.17, 15) is 13.6 Å². The number of hydrogen-bond acceptors (Lipinski definition) is 4. The van der Waals surface area contributed by atoms with Crippen molar-refractivity contribution in [2.45, 2.75) is 13.5 Å². The first-order valence-corrected chi connectivity index (χ1v) is 7.34. The van der Waals surface area contributed by atoms with Crippen LogP contribution in [0.2, 0.25) is 5.15 Å². The predicted octanol–water partition coefficient (Wildman–Crippen LogP) is 3.52. The maximum atomic E-state index is 13.8. The van der Waals surface area contributed by atoms with Crippen molar-refractivity contribution in [3.8, 4) is 11.5 Å². The van der Waals surface area contributed by atoms with Crippen LogP contribution < -0.4 is 0 Å². The molecule has 5 nitrogen and oxygen atoms in total. The highest BCUT2D eigenvalue weighted by molar-refractivity contribution is 6.29. The standard InChI is InChI=1S/C16H11ClF2N4O/c1-9(24)14-6-13(16-20-7-12(19)15(17)21-16)22-23(14)8-10-4-2-3-5-11(10)18/h2-7H,8H2,1H3. The zero-order chi connectivity index (χ0) is 17.3. The molecule has 0 fully saturated rings. The van der Waals surface area contributed by atoms with Crippen molar-refractivity contribution in [2.24, 2.45) is 0 Å². The van der Waals surface area contributed by atoms with E-state index in [4.69, 9.17) is 11.6 Å². The minimum atomic E-state index is -0.752. The first kappa shape index (κ1) is 16.2. The van der Waals surface area contributed by atoms with Crippen LogP contribution in [0.25, 0.3) is 11.5 Å². The molecule has 3 aromatic rings. The quantitative estimate of drug-likeness (QED) is 0.534. The zero-order valence-corrected chi connectivity index (χ0v) is 13.3. The van der Waals surface area contributed by atoms with Gasteiger partial charge in [0.05, 0.1) is 12.7 Å². The minimum Gasteiger partial charge on any atom is -0.293 e. The Morgan fingerprint density at radius 2 is 2.00 bits per heavy atom. The predicted molar refractivity (Wildman–Crippen MR) is 83.7 cm³/mol. The van der Waals surface area contributed by atoms with E-state index < -0.39 is 11.6 Å². The molecule has 24 heavy (non-hydrogen) atoms. The fourth-order valence-electron chi connectivity index (χ4n) is 2.19. The van der Waals surface area contributed by atoms with Crippen molar-refractivity contribution < 1.29 is 13.6 Å². The molecule has 0 saturated carbocycles. The van der Waals surface area contributed by atoms with E-state index in [0.717, 1.165) is 6.20 Å².